The first-order chi connectivity index (χ1) is 15.5. The molecule has 3 aromatic rings. The lowest BCUT2D eigenvalue weighted by Crippen LogP contribution is -2.26. The lowest BCUT2D eigenvalue weighted by atomic mass is 10.1. The van der Waals surface area contributed by atoms with Gasteiger partial charge >= 0.3 is 0 Å². The molecule has 0 aliphatic rings. The minimum absolute atomic E-state index is 0.0122. The van der Waals surface area contributed by atoms with Crippen LogP contribution in [0.25, 0.3) is 0 Å². The topological polar surface area (TPSA) is 30.5 Å². The van der Waals surface area contributed by atoms with Crippen LogP contribution in [0.1, 0.15) is 37.0 Å². The maximum absolute atomic E-state index is 14.1. The van der Waals surface area contributed by atoms with Crippen LogP contribution in [-0.4, -0.2) is 12.6 Å². The van der Waals surface area contributed by atoms with E-state index in [1.807, 2.05) is 25.1 Å². The first-order valence-corrected chi connectivity index (χ1v) is 11.9. The molecule has 3 rings (SSSR count). The average Bonchev–Trinajstić information content (AvgIpc) is 2.78. The van der Waals surface area contributed by atoms with Gasteiger partial charge in [-0.2, -0.15) is 0 Å². The van der Waals surface area contributed by atoms with Crippen molar-refractivity contribution in [1.29, 1.82) is 0 Å². The second-order valence-corrected chi connectivity index (χ2v) is 8.89. The smallest absolute Gasteiger partial charge is 0.175 e. The Morgan fingerprint density at radius 2 is 1.81 bits per heavy atom. The van der Waals surface area contributed by atoms with Crippen LogP contribution in [0.5, 0.6) is 11.5 Å². The van der Waals surface area contributed by atoms with Crippen LogP contribution in [0, 0.1) is 5.82 Å². The van der Waals surface area contributed by atoms with Gasteiger partial charge in [0.25, 0.3) is 0 Å². The van der Waals surface area contributed by atoms with Crippen LogP contribution in [0.4, 0.5) is 4.39 Å². The number of benzene rings is 3. The first kappa shape index (κ1) is 24.6. The lowest BCUT2D eigenvalue weighted by Gasteiger charge is -2.18. The molecule has 170 valence electrons. The fourth-order valence-corrected chi connectivity index (χ4v) is 4.18. The molecule has 0 amide bonds. The second kappa shape index (κ2) is 12.2. The van der Waals surface area contributed by atoms with Gasteiger partial charge in [-0.25, -0.2) is 4.39 Å². The largest absolute Gasteiger partial charge is 0.490 e. The predicted molar refractivity (Wildman–Crippen MR) is 132 cm³/mol. The Morgan fingerprint density at radius 3 is 2.53 bits per heavy atom. The SMILES string of the molecule is CCOc1cc(CN[C@@H](C)CCc2ccccc2)cc(Br)c1OCc1c(F)cccc1Cl. The van der Waals surface area contributed by atoms with Crippen molar-refractivity contribution in [3.05, 3.63) is 92.7 Å². The monoisotopic (exact) mass is 519 g/mol. The number of hydrogen-bond acceptors (Lipinski definition) is 3. The summed E-state index contributed by atoms with van der Waals surface area (Å²) < 4.78 is 26.6. The summed E-state index contributed by atoms with van der Waals surface area (Å²) in [6, 6.07) is 19.4. The summed E-state index contributed by atoms with van der Waals surface area (Å²) in [5, 5.41) is 3.91. The van der Waals surface area contributed by atoms with Crippen LogP contribution in [0.3, 0.4) is 0 Å². The molecule has 0 spiro atoms. The third-order valence-electron chi connectivity index (χ3n) is 5.16. The summed E-state index contributed by atoms with van der Waals surface area (Å²) in [6.07, 6.45) is 2.09. The van der Waals surface area contributed by atoms with Crippen LogP contribution in [0.2, 0.25) is 5.02 Å². The van der Waals surface area contributed by atoms with E-state index in [-0.39, 0.29) is 6.61 Å². The quantitative estimate of drug-likeness (QED) is 0.287. The van der Waals surface area contributed by atoms with E-state index < -0.39 is 5.82 Å². The molecule has 0 aromatic heterocycles. The Hall–Kier alpha value is -2.08. The van der Waals surface area contributed by atoms with Gasteiger partial charge in [-0.05, 0) is 78.0 Å². The van der Waals surface area contributed by atoms with Crippen molar-refractivity contribution < 1.29 is 13.9 Å². The lowest BCUT2D eigenvalue weighted by molar-refractivity contribution is 0.264. The van der Waals surface area contributed by atoms with Crippen LogP contribution in [-0.2, 0) is 19.6 Å². The molecule has 0 bridgehead atoms. The van der Waals surface area contributed by atoms with Gasteiger partial charge in [0.05, 0.1) is 16.1 Å². The molecule has 0 radical (unpaired) electrons. The summed E-state index contributed by atoms with van der Waals surface area (Å²) in [5.74, 6) is 0.756. The summed E-state index contributed by atoms with van der Waals surface area (Å²) in [6.45, 7) is 5.32. The van der Waals surface area contributed by atoms with E-state index in [4.69, 9.17) is 21.1 Å². The fourth-order valence-electron chi connectivity index (χ4n) is 3.36. The van der Waals surface area contributed by atoms with Crippen LogP contribution < -0.4 is 14.8 Å². The van der Waals surface area contributed by atoms with E-state index in [1.54, 1.807) is 12.1 Å². The molecule has 6 heteroatoms. The fraction of sp³-hybridized carbons (Fsp3) is 0.308. The Labute approximate surface area is 203 Å². The van der Waals surface area contributed by atoms with Crippen LogP contribution in [0.15, 0.2) is 65.1 Å². The summed E-state index contributed by atoms with van der Waals surface area (Å²) in [5.41, 5.74) is 2.74. The minimum Gasteiger partial charge on any atom is -0.490 e. The molecule has 3 nitrogen and oxygen atoms in total. The highest BCUT2D eigenvalue weighted by atomic mass is 79.9. The molecule has 0 saturated heterocycles. The van der Waals surface area contributed by atoms with Crippen LogP contribution >= 0.6 is 27.5 Å². The zero-order valence-corrected chi connectivity index (χ0v) is 20.7. The van der Waals surface area contributed by atoms with E-state index in [1.165, 1.54) is 11.6 Å². The van der Waals surface area contributed by atoms with Gasteiger partial charge in [-0.1, -0.05) is 48.0 Å². The van der Waals surface area contributed by atoms with Gasteiger partial charge < -0.3 is 14.8 Å². The number of nitrogens with one attached hydrogen (secondary N) is 1. The van der Waals surface area contributed by atoms with Crippen molar-refractivity contribution in [2.75, 3.05) is 6.61 Å². The van der Waals surface area contributed by atoms with E-state index >= 15 is 0 Å². The zero-order chi connectivity index (χ0) is 22.9. The van der Waals surface area contributed by atoms with Gasteiger partial charge in [0, 0.05) is 18.2 Å². The van der Waals surface area contributed by atoms with Crippen molar-refractivity contribution in [2.24, 2.45) is 0 Å². The van der Waals surface area contributed by atoms with Crippen molar-refractivity contribution in [3.63, 3.8) is 0 Å². The molecule has 1 N–H and O–H groups in total. The van der Waals surface area contributed by atoms with Crippen molar-refractivity contribution in [3.8, 4) is 11.5 Å². The molecule has 0 unspecified atom stereocenters. The molecule has 0 aliphatic carbocycles. The van der Waals surface area contributed by atoms with Gasteiger partial charge in [0.1, 0.15) is 12.4 Å². The molecular weight excluding hydrogens is 493 g/mol. The average molecular weight is 521 g/mol. The van der Waals surface area contributed by atoms with Gasteiger partial charge in [0.2, 0.25) is 0 Å². The Morgan fingerprint density at radius 1 is 1.03 bits per heavy atom. The Kier molecular flexibility index (Phi) is 9.39. The van der Waals surface area contributed by atoms with Gasteiger partial charge in [0.15, 0.2) is 11.5 Å². The molecular formula is C26H28BrClFNO2. The maximum Gasteiger partial charge on any atom is 0.175 e. The van der Waals surface area contributed by atoms with E-state index in [9.17, 15) is 4.39 Å². The zero-order valence-electron chi connectivity index (χ0n) is 18.3. The second-order valence-electron chi connectivity index (χ2n) is 7.63. The van der Waals surface area contributed by atoms with E-state index in [0.29, 0.717) is 41.3 Å². The molecule has 0 saturated carbocycles. The molecule has 1 atom stereocenters. The van der Waals surface area contributed by atoms with E-state index in [0.717, 1.165) is 22.9 Å². The molecule has 0 aliphatic heterocycles. The van der Waals surface area contributed by atoms with Crippen molar-refractivity contribution in [1.82, 2.24) is 5.32 Å². The standard InChI is InChI=1S/C26H28BrClFNO2/c1-3-31-25-15-20(16-30-18(2)12-13-19-8-5-4-6-9-19)14-22(27)26(25)32-17-21-23(28)10-7-11-24(21)29/h4-11,14-15,18,30H,3,12-13,16-17H2,1-2H3/t18-/m0/s1. The van der Waals surface area contributed by atoms with Gasteiger partial charge in [-0.15, -0.1) is 0 Å². The predicted octanol–water partition coefficient (Wildman–Crippen LogP) is 7.33. The number of halogens is 3. The van der Waals surface area contributed by atoms with Crippen molar-refractivity contribution >= 4 is 27.5 Å². The van der Waals surface area contributed by atoms with Crippen molar-refractivity contribution in [2.45, 2.75) is 45.9 Å². The normalized spacial score (nSPS) is 11.9. The minimum atomic E-state index is -0.392. The number of ether oxygens (including phenoxy) is 2. The third kappa shape index (κ3) is 6.96. The molecule has 32 heavy (non-hydrogen) atoms. The highest BCUT2D eigenvalue weighted by Gasteiger charge is 2.15. The number of hydrogen-bond donors (Lipinski definition) is 1. The number of rotatable bonds is 11. The molecule has 0 fully saturated rings. The first-order valence-electron chi connectivity index (χ1n) is 10.8. The third-order valence-corrected chi connectivity index (χ3v) is 6.10. The molecule has 0 heterocycles. The maximum atomic E-state index is 14.1. The molecule has 3 aromatic carbocycles. The highest BCUT2D eigenvalue weighted by Crippen LogP contribution is 2.38. The number of aryl methyl sites for hydroxylation is 1. The Bertz CT molecular complexity index is 996. The van der Waals surface area contributed by atoms with Gasteiger partial charge in [-0.3, -0.25) is 0 Å². The highest BCUT2D eigenvalue weighted by molar-refractivity contribution is 9.10. The Balaban J connectivity index is 1.64. The summed E-state index contributed by atoms with van der Waals surface area (Å²) in [4.78, 5) is 0. The van der Waals surface area contributed by atoms with E-state index in [2.05, 4.69) is 52.4 Å². The summed E-state index contributed by atoms with van der Waals surface area (Å²) >= 11 is 9.71. The summed E-state index contributed by atoms with van der Waals surface area (Å²) in [7, 11) is 0.